The Balaban J connectivity index is 1.20. The van der Waals surface area contributed by atoms with Crippen LogP contribution in [-0.4, -0.2) is 63.7 Å². The molecule has 2 aromatic heterocycles. The minimum atomic E-state index is -1.09. The van der Waals surface area contributed by atoms with Gasteiger partial charge in [0.15, 0.2) is 5.82 Å². The molecule has 0 bridgehead atoms. The Bertz CT molecular complexity index is 1570. The van der Waals surface area contributed by atoms with Crippen molar-refractivity contribution < 1.29 is 24.1 Å². The molecule has 9 heteroatoms. The molecule has 1 fully saturated rings. The molecule has 6 rings (SSSR count). The second kappa shape index (κ2) is 12.7. The zero-order chi connectivity index (χ0) is 29.9. The lowest BCUT2D eigenvalue weighted by Gasteiger charge is -2.32. The fraction of sp³-hybridized carbons (Fsp3) is 0.441. The Morgan fingerprint density at radius 1 is 1.16 bits per heavy atom. The van der Waals surface area contributed by atoms with Gasteiger partial charge in [0.2, 0.25) is 5.88 Å². The predicted octanol–water partition coefficient (Wildman–Crippen LogP) is 5.74. The maximum atomic E-state index is 11.7. The smallest absolute Gasteiger partial charge is 0.342 e. The topological polar surface area (TPSA) is 98.9 Å². The van der Waals surface area contributed by atoms with Crippen molar-refractivity contribution in [1.29, 1.82) is 0 Å². The van der Waals surface area contributed by atoms with E-state index in [1.54, 1.807) is 6.07 Å². The molecule has 1 saturated heterocycles. The molecule has 0 amide bonds. The fourth-order valence-electron chi connectivity index (χ4n) is 6.41. The summed E-state index contributed by atoms with van der Waals surface area (Å²) in [4.78, 5) is 19.2. The SMILES string of the molecule is CCOc1c(C(=O)O)cnn1-c1cccc(C2=CCCC(C)=C2OCc2ccc3c(c2C)CCN(C[C@@H]2CCOC2)C3)n1. The van der Waals surface area contributed by atoms with Crippen molar-refractivity contribution in [2.45, 2.75) is 59.6 Å². The molecule has 4 heterocycles. The van der Waals surface area contributed by atoms with E-state index in [-0.39, 0.29) is 11.4 Å². The number of hydrogen-bond acceptors (Lipinski definition) is 7. The number of fused-ring (bicyclic) bond motifs is 1. The lowest BCUT2D eigenvalue weighted by molar-refractivity contribution is 0.0692. The van der Waals surface area contributed by atoms with E-state index in [0.717, 1.165) is 69.1 Å². The largest absolute Gasteiger partial charge is 0.488 e. The molecule has 3 aromatic rings. The van der Waals surface area contributed by atoms with Crippen LogP contribution in [0.25, 0.3) is 11.4 Å². The maximum absolute atomic E-state index is 11.7. The van der Waals surface area contributed by atoms with Gasteiger partial charge in [-0.1, -0.05) is 24.3 Å². The number of carboxylic acids is 1. The Morgan fingerprint density at radius 3 is 2.84 bits per heavy atom. The standard InChI is InChI=1S/C34H40N4O5/c1-4-42-33-29(34(39)40)17-35-38(33)31-10-6-9-30(36-31)28-8-5-7-22(2)32(28)43-21-26-12-11-25-19-37(15-13-27(25)23(26)3)18-24-14-16-41-20-24/h6,8-12,17,24H,4-5,7,13-16,18-21H2,1-3H3,(H,39,40)/t24-/m0/s1. The Kier molecular flexibility index (Phi) is 8.63. The average Bonchev–Trinajstić information content (AvgIpc) is 3.68. The van der Waals surface area contributed by atoms with Crippen LogP contribution in [0, 0.1) is 12.8 Å². The molecule has 43 heavy (non-hydrogen) atoms. The van der Waals surface area contributed by atoms with E-state index < -0.39 is 5.97 Å². The van der Waals surface area contributed by atoms with E-state index in [2.05, 4.69) is 42.1 Å². The molecule has 3 aliphatic rings. The van der Waals surface area contributed by atoms with Crippen LogP contribution in [0.4, 0.5) is 0 Å². The number of benzene rings is 1. The number of carboxylic acid groups (broad SMARTS) is 1. The third-order valence-electron chi connectivity index (χ3n) is 8.76. The van der Waals surface area contributed by atoms with E-state index in [4.69, 9.17) is 19.2 Å². The summed E-state index contributed by atoms with van der Waals surface area (Å²) in [6.45, 7) is 12.0. The van der Waals surface area contributed by atoms with E-state index in [1.165, 1.54) is 45.1 Å². The van der Waals surface area contributed by atoms with Crippen molar-refractivity contribution in [3.8, 4) is 11.7 Å². The summed E-state index contributed by atoms with van der Waals surface area (Å²) in [5.74, 6) is 1.07. The minimum absolute atomic E-state index is 0.00207. The van der Waals surface area contributed by atoms with Gasteiger partial charge in [0.25, 0.3) is 0 Å². The molecule has 9 nitrogen and oxygen atoms in total. The number of hydrogen-bond donors (Lipinski definition) is 1. The third kappa shape index (κ3) is 6.10. The van der Waals surface area contributed by atoms with Crippen molar-refractivity contribution in [2.75, 3.05) is 32.9 Å². The normalized spacial score (nSPS) is 18.9. The quantitative estimate of drug-likeness (QED) is 0.322. The second-order valence-corrected chi connectivity index (χ2v) is 11.7. The molecule has 2 aliphatic heterocycles. The van der Waals surface area contributed by atoms with Crippen LogP contribution in [0.15, 0.2) is 53.9 Å². The summed E-state index contributed by atoms with van der Waals surface area (Å²) in [5.41, 5.74) is 8.31. The zero-order valence-corrected chi connectivity index (χ0v) is 25.3. The molecule has 226 valence electrons. The first-order valence-electron chi connectivity index (χ1n) is 15.3. The highest BCUT2D eigenvalue weighted by atomic mass is 16.5. The van der Waals surface area contributed by atoms with E-state index >= 15 is 0 Å². The van der Waals surface area contributed by atoms with E-state index in [9.17, 15) is 9.90 Å². The zero-order valence-electron chi connectivity index (χ0n) is 25.3. The summed E-state index contributed by atoms with van der Waals surface area (Å²) in [5, 5.41) is 13.9. The van der Waals surface area contributed by atoms with Crippen LogP contribution in [-0.2, 0) is 29.0 Å². The van der Waals surface area contributed by atoms with Crippen LogP contribution in [0.3, 0.4) is 0 Å². The van der Waals surface area contributed by atoms with Gasteiger partial charge in [-0.05, 0) is 92.3 Å². The molecule has 1 aliphatic carbocycles. The molecular formula is C34H40N4O5. The molecule has 0 radical (unpaired) electrons. The molecule has 1 N–H and O–H groups in total. The minimum Gasteiger partial charge on any atom is -0.488 e. The average molecular weight is 585 g/mol. The Hall–Kier alpha value is -3.95. The third-order valence-corrected chi connectivity index (χ3v) is 8.76. The molecule has 0 unspecified atom stereocenters. The number of pyridine rings is 1. The summed E-state index contributed by atoms with van der Waals surface area (Å²) >= 11 is 0. The number of nitrogens with zero attached hydrogens (tertiary/aromatic N) is 4. The van der Waals surface area contributed by atoms with Crippen molar-refractivity contribution in [3.63, 3.8) is 0 Å². The van der Waals surface area contributed by atoms with Crippen LogP contribution < -0.4 is 4.74 Å². The van der Waals surface area contributed by atoms with Gasteiger partial charge in [-0.25, -0.2) is 9.78 Å². The summed E-state index contributed by atoms with van der Waals surface area (Å²) < 4.78 is 19.3. The molecular weight excluding hydrogens is 544 g/mol. The summed E-state index contributed by atoms with van der Waals surface area (Å²) in [7, 11) is 0. The van der Waals surface area contributed by atoms with E-state index in [1.807, 2.05) is 19.1 Å². The highest BCUT2D eigenvalue weighted by molar-refractivity contribution is 5.90. The number of allylic oxidation sites excluding steroid dienone is 3. The Labute approximate surface area is 252 Å². The van der Waals surface area contributed by atoms with Crippen LogP contribution >= 0.6 is 0 Å². The number of aromatic carboxylic acids is 1. The molecule has 0 saturated carbocycles. The van der Waals surface area contributed by atoms with E-state index in [0.29, 0.717) is 24.9 Å². The Morgan fingerprint density at radius 2 is 2.05 bits per heavy atom. The predicted molar refractivity (Wildman–Crippen MR) is 163 cm³/mol. The van der Waals surface area contributed by atoms with Crippen molar-refractivity contribution in [2.24, 2.45) is 5.92 Å². The second-order valence-electron chi connectivity index (χ2n) is 11.7. The molecule has 0 spiro atoms. The maximum Gasteiger partial charge on any atom is 0.342 e. The van der Waals surface area contributed by atoms with Gasteiger partial charge in [0.1, 0.15) is 17.9 Å². The van der Waals surface area contributed by atoms with Crippen LogP contribution in [0.2, 0.25) is 0 Å². The lowest BCUT2D eigenvalue weighted by Crippen LogP contribution is -2.35. The summed E-state index contributed by atoms with van der Waals surface area (Å²) in [6, 6.07) is 10.2. The van der Waals surface area contributed by atoms with Gasteiger partial charge in [-0.15, -0.1) is 0 Å². The van der Waals surface area contributed by atoms with Crippen molar-refractivity contribution in [3.05, 3.63) is 87.4 Å². The molecule has 1 aromatic carbocycles. The van der Waals surface area contributed by atoms with Crippen molar-refractivity contribution in [1.82, 2.24) is 19.7 Å². The number of aromatic nitrogens is 3. The monoisotopic (exact) mass is 584 g/mol. The first kappa shape index (κ1) is 29.1. The van der Waals surface area contributed by atoms with Crippen LogP contribution in [0.1, 0.15) is 71.4 Å². The fourth-order valence-corrected chi connectivity index (χ4v) is 6.41. The van der Waals surface area contributed by atoms with Gasteiger partial charge in [0, 0.05) is 31.8 Å². The summed E-state index contributed by atoms with van der Waals surface area (Å²) in [6.07, 6.45) is 7.53. The van der Waals surface area contributed by atoms with Gasteiger partial charge in [0.05, 0.1) is 25.1 Å². The number of carbonyl (C=O) groups is 1. The first-order valence-corrected chi connectivity index (χ1v) is 15.3. The first-order chi connectivity index (χ1) is 20.9. The number of ether oxygens (including phenoxy) is 3. The lowest BCUT2D eigenvalue weighted by atomic mass is 9.91. The van der Waals surface area contributed by atoms with Gasteiger partial charge in [-0.2, -0.15) is 9.78 Å². The van der Waals surface area contributed by atoms with Gasteiger partial charge in [-0.3, -0.25) is 4.90 Å². The van der Waals surface area contributed by atoms with Crippen molar-refractivity contribution >= 4 is 11.5 Å². The highest BCUT2D eigenvalue weighted by Crippen LogP contribution is 2.35. The van der Waals surface area contributed by atoms with Crippen LogP contribution in [0.5, 0.6) is 5.88 Å². The van der Waals surface area contributed by atoms with Gasteiger partial charge < -0.3 is 19.3 Å². The molecule has 1 atom stereocenters. The number of rotatable bonds is 10. The highest BCUT2D eigenvalue weighted by Gasteiger charge is 2.25. The van der Waals surface area contributed by atoms with Gasteiger partial charge >= 0.3 is 5.97 Å².